The maximum Gasteiger partial charge on any atom is 0.308 e. The Labute approximate surface area is 96.6 Å². The van der Waals surface area contributed by atoms with Gasteiger partial charge in [-0.05, 0) is 27.2 Å². The molecule has 1 unspecified atom stereocenters. The number of rotatable bonds is 6. The van der Waals surface area contributed by atoms with E-state index in [-0.39, 0.29) is 24.5 Å². The van der Waals surface area contributed by atoms with Crippen molar-refractivity contribution in [2.24, 2.45) is 5.92 Å². The van der Waals surface area contributed by atoms with Crippen molar-refractivity contribution >= 4 is 11.9 Å². The van der Waals surface area contributed by atoms with Crippen LogP contribution in [-0.4, -0.2) is 35.6 Å². The third-order valence-corrected chi connectivity index (χ3v) is 2.17. The second kappa shape index (κ2) is 6.48. The van der Waals surface area contributed by atoms with Crippen LogP contribution in [0.2, 0.25) is 0 Å². The normalized spacial score (nSPS) is 13.2. The summed E-state index contributed by atoms with van der Waals surface area (Å²) in [4.78, 5) is 22.1. The molecule has 0 saturated heterocycles. The van der Waals surface area contributed by atoms with E-state index in [9.17, 15) is 9.59 Å². The molecule has 94 valence electrons. The van der Waals surface area contributed by atoms with Crippen LogP contribution < -0.4 is 10.6 Å². The number of aliphatic carboxylic acids is 1. The summed E-state index contributed by atoms with van der Waals surface area (Å²) in [5, 5.41) is 14.4. The van der Waals surface area contributed by atoms with Gasteiger partial charge in [-0.1, -0.05) is 6.92 Å². The summed E-state index contributed by atoms with van der Waals surface area (Å²) >= 11 is 0. The fourth-order valence-electron chi connectivity index (χ4n) is 1.05. The van der Waals surface area contributed by atoms with Crippen molar-refractivity contribution in [2.45, 2.75) is 39.7 Å². The molecule has 0 spiro atoms. The SMILES string of the molecule is CCC(CNC(=O)CNC(C)(C)C)C(=O)O. The minimum Gasteiger partial charge on any atom is -0.481 e. The highest BCUT2D eigenvalue weighted by atomic mass is 16.4. The van der Waals surface area contributed by atoms with E-state index < -0.39 is 11.9 Å². The highest BCUT2D eigenvalue weighted by molar-refractivity contribution is 5.79. The fraction of sp³-hybridized carbons (Fsp3) is 0.818. The lowest BCUT2D eigenvalue weighted by Gasteiger charge is -2.20. The first-order valence-electron chi connectivity index (χ1n) is 5.50. The van der Waals surface area contributed by atoms with Crippen LogP contribution in [0.3, 0.4) is 0 Å². The van der Waals surface area contributed by atoms with Gasteiger partial charge in [0.15, 0.2) is 0 Å². The number of carboxylic acid groups (broad SMARTS) is 1. The van der Waals surface area contributed by atoms with Crippen LogP contribution in [0.1, 0.15) is 34.1 Å². The molecule has 0 rings (SSSR count). The van der Waals surface area contributed by atoms with E-state index >= 15 is 0 Å². The lowest BCUT2D eigenvalue weighted by molar-refractivity contribution is -0.141. The Morgan fingerprint density at radius 2 is 1.88 bits per heavy atom. The van der Waals surface area contributed by atoms with Gasteiger partial charge < -0.3 is 15.7 Å². The summed E-state index contributed by atoms with van der Waals surface area (Å²) in [6.45, 7) is 8.08. The van der Waals surface area contributed by atoms with Crippen molar-refractivity contribution in [1.29, 1.82) is 0 Å². The second-order valence-corrected chi connectivity index (χ2v) is 4.85. The average Bonchev–Trinajstić information content (AvgIpc) is 2.14. The molecule has 0 saturated carbocycles. The van der Waals surface area contributed by atoms with Gasteiger partial charge in [-0.25, -0.2) is 0 Å². The molecular weight excluding hydrogens is 208 g/mol. The molecule has 5 nitrogen and oxygen atoms in total. The second-order valence-electron chi connectivity index (χ2n) is 4.85. The zero-order valence-electron chi connectivity index (χ0n) is 10.5. The minimum absolute atomic E-state index is 0.117. The molecule has 0 aliphatic carbocycles. The first-order chi connectivity index (χ1) is 7.26. The molecule has 0 aromatic heterocycles. The molecule has 16 heavy (non-hydrogen) atoms. The molecule has 0 aromatic carbocycles. The molecule has 0 heterocycles. The van der Waals surface area contributed by atoms with Gasteiger partial charge in [0.1, 0.15) is 0 Å². The molecule has 3 N–H and O–H groups in total. The Morgan fingerprint density at radius 1 is 1.31 bits per heavy atom. The number of carboxylic acids is 1. The maximum absolute atomic E-state index is 11.4. The van der Waals surface area contributed by atoms with Crippen molar-refractivity contribution in [2.75, 3.05) is 13.1 Å². The van der Waals surface area contributed by atoms with Crippen molar-refractivity contribution in [3.8, 4) is 0 Å². The topological polar surface area (TPSA) is 78.4 Å². The zero-order valence-corrected chi connectivity index (χ0v) is 10.5. The van der Waals surface area contributed by atoms with Gasteiger partial charge in [-0.2, -0.15) is 0 Å². The number of carbonyl (C=O) groups excluding carboxylic acids is 1. The molecular formula is C11H22N2O3. The van der Waals surface area contributed by atoms with Gasteiger partial charge in [0, 0.05) is 12.1 Å². The summed E-state index contributed by atoms with van der Waals surface area (Å²) in [7, 11) is 0. The fourth-order valence-corrected chi connectivity index (χ4v) is 1.05. The Morgan fingerprint density at radius 3 is 2.25 bits per heavy atom. The molecule has 0 radical (unpaired) electrons. The van der Waals surface area contributed by atoms with Gasteiger partial charge in [0.05, 0.1) is 12.5 Å². The van der Waals surface area contributed by atoms with Crippen molar-refractivity contribution < 1.29 is 14.7 Å². The van der Waals surface area contributed by atoms with Gasteiger partial charge >= 0.3 is 5.97 Å². The predicted molar refractivity (Wildman–Crippen MR) is 62.2 cm³/mol. The smallest absolute Gasteiger partial charge is 0.308 e. The third-order valence-electron chi connectivity index (χ3n) is 2.17. The third kappa shape index (κ3) is 7.23. The number of nitrogens with one attached hydrogen (secondary N) is 2. The highest BCUT2D eigenvalue weighted by Crippen LogP contribution is 2.00. The van der Waals surface area contributed by atoms with Crippen LogP contribution in [0.15, 0.2) is 0 Å². The van der Waals surface area contributed by atoms with E-state index in [0.29, 0.717) is 6.42 Å². The summed E-state index contributed by atoms with van der Waals surface area (Å²) in [5.41, 5.74) is -0.117. The number of carbonyl (C=O) groups is 2. The molecule has 0 aliphatic rings. The lowest BCUT2D eigenvalue weighted by Crippen LogP contribution is -2.44. The van der Waals surface area contributed by atoms with Crippen molar-refractivity contribution in [1.82, 2.24) is 10.6 Å². The van der Waals surface area contributed by atoms with Gasteiger partial charge in [0.2, 0.25) is 5.91 Å². The van der Waals surface area contributed by atoms with E-state index in [1.165, 1.54) is 0 Å². The van der Waals surface area contributed by atoms with Crippen LogP contribution in [0.4, 0.5) is 0 Å². The average molecular weight is 230 g/mol. The van der Waals surface area contributed by atoms with Crippen LogP contribution in [-0.2, 0) is 9.59 Å². The summed E-state index contributed by atoms with van der Waals surface area (Å²) < 4.78 is 0. The van der Waals surface area contributed by atoms with E-state index in [1.54, 1.807) is 6.92 Å². The van der Waals surface area contributed by atoms with E-state index in [1.807, 2.05) is 20.8 Å². The van der Waals surface area contributed by atoms with Crippen LogP contribution >= 0.6 is 0 Å². The monoisotopic (exact) mass is 230 g/mol. The van der Waals surface area contributed by atoms with Gasteiger partial charge in [0.25, 0.3) is 0 Å². The maximum atomic E-state index is 11.4. The lowest BCUT2D eigenvalue weighted by atomic mass is 10.1. The number of hydrogen-bond acceptors (Lipinski definition) is 3. The molecule has 1 amide bonds. The van der Waals surface area contributed by atoms with E-state index in [0.717, 1.165) is 0 Å². The van der Waals surface area contributed by atoms with Gasteiger partial charge in [-0.15, -0.1) is 0 Å². The van der Waals surface area contributed by atoms with Crippen LogP contribution in [0, 0.1) is 5.92 Å². The highest BCUT2D eigenvalue weighted by Gasteiger charge is 2.16. The molecule has 1 atom stereocenters. The van der Waals surface area contributed by atoms with Crippen LogP contribution in [0.5, 0.6) is 0 Å². The van der Waals surface area contributed by atoms with E-state index in [4.69, 9.17) is 5.11 Å². The molecule has 5 heteroatoms. The first-order valence-corrected chi connectivity index (χ1v) is 5.50. The molecule has 0 aromatic rings. The molecule has 0 aliphatic heterocycles. The van der Waals surface area contributed by atoms with Crippen molar-refractivity contribution in [3.63, 3.8) is 0 Å². The predicted octanol–water partition coefficient (Wildman–Crippen LogP) is 0.601. The standard InChI is InChI=1S/C11H22N2O3/c1-5-8(10(15)16)6-12-9(14)7-13-11(2,3)4/h8,13H,5-7H2,1-4H3,(H,12,14)(H,15,16). The minimum atomic E-state index is -0.869. The zero-order chi connectivity index (χ0) is 12.8. The Bertz CT molecular complexity index is 246. The summed E-state index contributed by atoms with van der Waals surface area (Å²) in [6.07, 6.45) is 0.516. The van der Waals surface area contributed by atoms with Gasteiger partial charge in [-0.3, -0.25) is 9.59 Å². The number of amides is 1. The van der Waals surface area contributed by atoms with Crippen molar-refractivity contribution in [3.05, 3.63) is 0 Å². The Balaban J connectivity index is 3.85. The number of hydrogen-bond donors (Lipinski definition) is 3. The largest absolute Gasteiger partial charge is 0.481 e. The Hall–Kier alpha value is -1.10. The van der Waals surface area contributed by atoms with E-state index in [2.05, 4.69) is 10.6 Å². The molecule has 0 fully saturated rings. The summed E-state index contributed by atoms with van der Waals surface area (Å²) in [5.74, 6) is -1.54. The van der Waals surface area contributed by atoms with Crippen LogP contribution in [0.25, 0.3) is 0 Å². The first kappa shape index (κ1) is 14.9. The quantitative estimate of drug-likeness (QED) is 0.624. The Kier molecular flexibility index (Phi) is 6.03. The summed E-state index contributed by atoms with van der Waals surface area (Å²) in [6, 6.07) is 0. The molecule has 0 bridgehead atoms.